The average Bonchev–Trinajstić information content (AvgIpc) is 2.91. The molecule has 0 aromatic carbocycles. The summed E-state index contributed by atoms with van der Waals surface area (Å²) in [6.07, 6.45) is 34.5. The molecular weight excluding hydrogens is 468 g/mol. The highest BCUT2D eigenvalue weighted by atomic mass is 14.3. The number of hydrogen-bond acceptors (Lipinski definition) is 0. The number of hydrogen-bond donors (Lipinski definition) is 0. The summed E-state index contributed by atoms with van der Waals surface area (Å²) in [7, 11) is 0. The first-order valence-corrected chi connectivity index (χ1v) is 18.2. The molecule has 0 aliphatic rings. The SMILES string of the molecule is CCCCCCCCC(=C(CCCCCC)CCCCCCC)C(C=C(CCCCC)C(C)(C)C)C(C)CC. The Labute approximate surface area is 249 Å². The van der Waals surface area contributed by atoms with Crippen LogP contribution in [0.3, 0.4) is 0 Å². The molecule has 0 saturated heterocycles. The second-order valence-corrected chi connectivity index (χ2v) is 13.9. The topological polar surface area (TPSA) is 0 Å². The second kappa shape index (κ2) is 25.2. The van der Waals surface area contributed by atoms with E-state index in [0.717, 1.165) is 5.92 Å². The second-order valence-electron chi connectivity index (χ2n) is 13.9. The fourth-order valence-corrected chi connectivity index (χ4v) is 6.18. The molecule has 2 unspecified atom stereocenters. The number of allylic oxidation sites excluding steroid dienone is 4. The zero-order valence-electron chi connectivity index (χ0n) is 29.0. The van der Waals surface area contributed by atoms with Crippen LogP contribution in [0.15, 0.2) is 22.8 Å². The van der Waals surface area contributed by atoms with Crippen molar-refractivity contribution in [1.29, 1.82) is 0 Å². The Morgan fingerprint density at radius 3 is 1.36 bits per heavy atom. The first kappa shape index (κ1) is 38.5. The van der Waals surface area contributed by atoms with Gasteiger partial charge in [-0.3, -0.25) is 0 Å². The van der Waals surface area contributed by atoms with Gasteiger partial charge in [0, 0.05) is 5.92 Å². The van der Waals surface area contributed by atoms with Crippen molar-refractivity contribution in [3.8, 4) is 0 Å². The molecule has 0 N–H and O–H groups in total. The molecule has 0 fully saturated rings. The van der Waals surface area contributed by atoms with Gasteiger partial charge in [-0.05, 0) is 62.7 Å². The van der Waals surface area contributed by atoms with E-state index in [1.807, 2.05) is 11.1 Å². The lowest BCUT2D eigenvalue weighted by molar-refractivity contribution is 0.418. The fraction of sp³-hybridized carbons (Fsp3) is 0.897. The van der Waals surface area contributed by atoms with E-state index >= 15 is 0 Å². The van der Waals surface area contributed by atoms with Gasteiger partial charge in [-0.1, -0.05) is 181 Å². The monoisotopic (exact) mass is 545 g/mol. The molecule has 0 rings (SSSR count). The zero-order valence-corrected chi connectivity index (χ0v) is 29.0. The maximum atomic E-state index is 2.83. The summed E-state index contributed by atoms with van der Waals surface area (Å²) in [5.74, 6) is 1.37. The van der Waals surface area contributed by atoms with Gasteiger partial charge in [-0.25, -0.2) is 0 Å². The molecule has 0 saturated carbocycles. The van der Waals surface area contributed by atoms with E-state index in [-0.39, 0.29) is 5.41 Å². The summed E-state index contributed by atoms with van der Waals surface area (Å²) in [6, 6.07) is 0. The van der Waals surface area contributed by atoms with Gasteiger partial charge in [-0.2, -0.15) is 0 Å². The van der Waals surface area contributed by atoms with E-state index in [2.05, 4.69) is 68.4 Å². The minimum absolute atomic E-state index is 0.270. The van der Waals surface area contributed by atoms with Crippen molar-refractivity contribution in [2.24, 2.45) is 17.3 Å². The summed E-state index contributed by atoms with van der Waals surface area (Å²) in [5.41, 5.74) is 5.78. The molecule has 0 heterocycles. The molecule has 232 valence electrons. The van der Waals surface area contributed by atoms with Gasteiger partial charge in [0.25, 0.3) is 0 Å². The fourth-order valence-electron chi connectivity index (χ4n) is 6.18. The van der Waals surface area contributed by atoms with Crippen LogP contribution in [0, 0.1) is 17.3 Å². The van der Waals surface area contributed by atoms with Crippen molar-refractivity contribution in [3.63, 3.8) is 0 Å². The van der Waals surface area contributed by atoms with Gasteiger partial charge in [0.15, 0.2) is 0 Å². The lowest BCUT2D eigenvalue weighted by Crippen LogP contribution is -2.18. The van der Waals surface area contributed by atoms with E-state index in [4.69, 9.17) is 0 Å². The Kier molecular flexibility index (Phi) is 24.9. The van der Waals surface area contributed by atoms with Crippen molar-refractivity contribution < 1.29 is 0 Å². The summed E-state index contributed by atoms with van der Waals surface area (Å²) in [4.78, 5) is 0. The molecule has 0 aliphatic carbocycles. The van der Waals surface area contributed by atoms with E-state index in [0.29, 0.717) is 5.92 Å². The van der Waals surface area contributed by atoms with E-state index in [9.17, 15) is 0 Å². The first-order chi connectivity index (χ1) is 18.8. The minimum atomic E-state index is 0.270. The molecule has 0 aliphatic heterocycles. The van der Waals surface area contributed by atoms with Crippen molar-refractivity contribution in [2.75, 3.05) is 0 Å². The van der Waals surface area contributed by atoms with Crippen LogP contribution in [-0.2, 0) is 0 Å². The van der Waals surface area contributed by atoms with Crippen LogP contribution in [0.1, 0.15) is 210 Å². The van der Waals surface area contributed by atoms with Gasteiger partial charge in [0.05, 0.1) is 0 Å². The third-order valence-corrected chi connectivity index (χ3v) is 9.22. The highest BCUT2D eigenvalue weighted by Gasteiger charge is 2.25. The zero-order chi connectivity index (χ0) is 29.4. The first-order valence-electron chi connectivity index (χ1n) is 18.2. The average molecular weight is 545 g/mol. The van der Waals surface area contributed by atoms with Crippen LogP contribution in [0.5, 0.6) is 0 Å². The van der Waals surface area contributed by atoms with Crippen LogP contribution in [0.4, 0.5) is 0 Å². The Morgan fingerprint density at radius 1 is 0.513 bits per heavy atom. The van der Waals surface area contributed by atoms with Crippen LogP contribution >= 0.6 is 0 Å². The summed E-state index contributed by atoms with van der Waals surface area (Å²) in [5, 5.41) is 0. The molecular formula is C39H76. The molecule has 39 heavy (non-hydrogen) atoms. The molecule has 0 aromatic heterocycles. The van der Waals surface area contributed by atoms with Crippen molar-refractivity contribution in [1.82, 2.24) is 0 Å². The van der Waals surface area contributed by atoms with Gasteiger partial charge in [-0.15, -0.1) is 0 Å². The van der Waals surface area contributed by atoms with Gasteiger partial charge in [0.2, 0.25) is 0 Å². The maximum Gasteiger partial charge on any atom is 0.000784 e. The summed E-state index contributed by atoms with van der Waals surface area (Å²) < 4.78 is 0. The van der Waals surface area contributed by atoms with Gasteiger partial charge < -0.3 is 0 Å². The third-order valence-electron chi connectivity index (χ3n) is 9.22. The standard InChI is InChI=1S/C39H76/c1-10-15-19-22-24-28-32-37(35(29-26-21-17-12-3)30-27-23-20-16-11-2)38(34(6)14-5)33-36(39(7,8)9)31-25-18-13-4/h33-34,38H,10-32H2,1-9H3. The molecule has 0 nitrogen and oxygen atoms in total. The largest absolute Gasteiger partial charge is 0.0773 e. The van der Waals surface area contributed by atoms with E-state index < -0.39 is 0 Å². The highest BCUT2D eigenvalue weighted by Crippen LogP contribution is 2.39. The van der Waals surface area contributed by atoms with Crippen LogP contribution in [0.2, 0.25) is 0 Å². The normalized spacial score (nSPS) is 14.9. The lowest BCUT2D eigenvalue weighted by Gasteiger charge is -2.31. The van der Waals surface area contributed by atoms with Crippen LogP contribution in [0.25, 0.3) is 0 Å². The smallest absolute Gasteiger partial charge is 0.000784 e. The molecule has 2 atom stereocenters. The van der Waals surface area contributed by atoms with Crippen molar-refractivity contribution in [3.05, 3.63) is 22.8 Å². The number of unbranched alkanes of at least 4 members (excludes halogenated alkanes) is 14. The Hall–Kier alpha value is -0.520. The molecule has 0 heteroatoms. The maximum absolute atomic E-state index is 2.83. The Balaban J connectivity index is 6.35. The Bertz CT molecular complexity index is 598. The lowest BCUT2D eigenvalue weighted by atomic mass is 9.74. The van der Waals surface area contributed by atoms with E-state index in [1.165, 1.54) is 148 Å². The quantitative estimate of drug-likeness (QED) is 0.0750. The predicted molar refractivity (Wildman–Crippen MR) is 182 cm³/mol. The predicted octanol–water partition coefficient (Wildman–Crippen LogP) is 14.6. The molecule has 0 amide bonds. The summed E-state index contributed by atoms with van der Waals surface area (Å²) in [6.45, 7) is 21.8. The molecule has 0 spiro atoms. The van der Waals surface area contributed by atoms with Crippen molar-refractivity contribution >= 4 is 0 Å². The van der Waals surface area contributed by atoms with Gasteiger partial charge in [0.1, 0.15) is 0 Å². The summed E-state index contributed by atoms with van der Waals surface area (Å²) >= 11 is 0. The van der Waals surface area contributed by atoms with Gasteiger partial charge >= 0.3 is 0 Å². The Morgan fingerprint density at radius 2 is 0.897 bits per heavy atom. The molecule has 0 radical (unpaired) electrons. The van der Waals surface area contributed by atoms with Crippen LogP contribution in [-0.4, -0.2) is 0 Å². The highest BCUT2D eigenvalue weighted by molar-refractivity contribution is 5.26. The molecule has 0 aromatic rings. The third kappa shape index (κ3) is 19.3. The molecule has 0 bridgehead atoms. The van der Waals surface area contributed by atoms with E-state index in [1.54, 1.807) is 5.57 Å². The van der Waals surface area contributed by atoms with Crippen molar-refractivity contribution in [2.45, 2.75) is 210 Å². The number of rotatable bonds is 26. The minimum Gasteiger partial charge on any atom is -0.0773 e. The van der Waals surface area contributed by atoms with Crippen LogP contribution < -0.4 is 0 Å².